The van der Waals surface area contributed by atoms with Crippen molar-refractivity contribution >= 4 is 0 Å². The Bertz CT molecular complexity index is 649. The molecule has 2 aromatic carbocycles. The van der Waals surface area contributed by atoms with Gasteiger partial charge in [0, 0.05) is 12.1 Å². The van der Waals surface area contributed by atoms with Crippen LogP contribution in [0.1, 0.15) is 23.6 Å². The second-order valence-electron chi connectivity index (χ2n) is 4.63. The van der Waals surface area contributed by atoms with Gasteiger partial charge in [0.15, 0.2) is 0 Å². The fourth-order valence-electron chi connectivity index (χ4n) is 1.97. The van der Waals surface area contributed by atoms with Crippen molar-refractivity contribution in [3.63, 3.8) is 0 Å². The first-order valence-corrected chi connectivity index (χ1v) is 6.84. The quantitative estimate of drug-likeness (QED) is 0.884. The topological polar surface area (TPSA) is 45.0 Å². The lowest BCUT2D eigenvalue weighted by Gasteiger charge is -2.09. The molecule has 3 nitrogen and oxygen atoms in total. The average Bonchev–Trinajstić information content (AvgIpc) is 2.51. The van der Waals surface area contributed by atoms with Gasteiger partial charge in [0.2, 0.25) is 0 Å². The van der Waals surface area contributed by atoms with Crippen molar-refractivity contribution < 1.29 is 9.13 Å². The zero-order chi connectivity index (χ0) is 15.1. The summed E-state index contributed by atoms with van der Waals surface area (Å²) in [6.07, 6.45) is 0. The molecule has 0 aliphatic carbocycles. The monoisotopic (exact) mass is 284 g/mol. The van der Waals surface area contributed by atoms with Crippen LogP contribution in [0.4, 0.5) is 4.39 Å². The third kappa shape index (κ3) is 4.30. The first-order valence-electron chi connectivity index (χ1n) is 6.84. The van der Waals surface area contributed by atoms with Crippen molar-refractivity contribution in [3.05, 3.63) is 65.0 Å². The molecule has 1 N–H and O–H groups in total. The van der Waals surface area contributed by atoms with Gasteiger partial charge in [0.1, 0.15) is 18.2 Å². The Morgan fingerprint density at radius 2 is 2.10 bits per heavy atom. The number of halogens is 1. The second-order valence-corrected chi connectivity index (χ2v) is 4.63. The maximum atomic E-state index is 13.2. The number of nitrogens with zero attached hydrogens (tertiary/aromatic N) is 1. The van der Waals surface area contributed by atoms with E-state index in [2.05, 4.69) is 5.32 Å². The van der Waals surface area contributed by atoms with Gasteiger partial charge in [-0.05, 0) is 42.4 Å². The molecule has 2 rings (SSSR count). The third-order valence-electron chi connectivity index (χ3n) is 3.06. The van der Waals surface area contributed by atoms with E-state index in [4.69, 9.17) is 10.00 Å². The Morgan fingerprint density at radius 1 is 1.24 bits per heavy atom. The minimum atomic E-state index is -0.367. The summed E-state index contributed by atoms with van der Waals surface area (Å²) in [6.45, 7) is 3.90. The Hall–Kier alpha value is -2.38. The maximum Gasteiger partial charge on any atom is 0.123 e. The molecule has 0 unspecified atom stereocenters. The van der Waals surface area contributed by atoms with E-state index in [1.807, 2.05) is 37.3 Å². The van der Waals surface area contributed by atoms with Crippen LogP contribution >= 0.6 is 0 Å². The minimum absolute atomic E-state index is 0.172. The van der Waals surface area contributed by atoms with Crippen LogP contribution in [0.2, 0.25) is 0 Å². The van der Waals surface area contributed by atoms with Crippen LogP contribution in [0.3, 0.4) is 0 Å². The summed E-state index contributed by atoms with van der Waals surface area (Å²) in [5.74, 6) is 0.340. The highest BCUT2D eigenvalue weighted by Gasteiger charge is 2.05. The van der Waals surface area contributed by atoms with Crippen LogP contribution < -0.4 is 10.1 Å². The summed E-state index contributed by atoms with van der Waals surface area (Å²) >= 11 is 0. The number of nitrogens with one attached hydrogen (secondary N) is 1. The van der Waals surface area contributed by atoms with Crippen molar-refractivity contribution in [1.29, 1.82) is 5.26 Å². The molecule has 0 radical (unpaired) electrons. The fraction of sp³-hybridized carbons (Fsp3) is 0.235. The zero-order valence-corrected chi connectivity index (χ0v) is 11.9. The maximum absolute atomic E-state index is 13.2. The fourth-order valence-corrected chi connectivity index (χ4v) is 1.97. The van der Waals surface area contributed by atoms with E-state index in [-0.39, 0.29) is 12.4 Å². The first-order chi connectivity index (χ1) is 10.2. The lowest BCUT2D eigenvalue weighted by Crippen LogP contribution is -2.11. The molecule has 4 heteroatoms. The molecule has 0 aliphatic heterocycles. The molecule has 2 aromatic rings. The van der Waals surface area contributed by atoms with E-state index in [0.717, 1.165) is 18.7 Å². The normalized spacial score (nSPS) is 10.1. The Balaban J connectivity index is 2.06. The summed E-state index contributed by atoms with van der Waals surface area (Å²) in [6, 6.07) is 13.8. The van der Waals surface area contributed by atoms with Crippen molar-refractivity contribution in [1.82, 2.24) is 5.32 Å². The Kier molecular flexibility index (Phi) is 5.30. The molecule has 0 bridgehead atoms. The molecule has 0 amide bonds. The lowest BCUT2D eigenvalue weighted by molar-refractivity contribution is 0.305. The summed E-state index contributed by atoms with van der Waals surface area (Å²) in [7, 11) is 0. The van der Waals surface area contributed by atoms with Gasteiger partial charge in [-0.1, -0.05) is 19.1 Å². The van der Waals surface area contributed by atoms with Crippen molar-refractivity contribution in [2.24, 2.45) is 0 Å². The number of rotatable bonds is 6. The molecule has 0 heterocycles. The van der Waals surface area contributed by atoms with Gasteiger partial charge in [-0.15, -0.1) is 0 Å². The zero-order valence-electron chi connectivity index (χ0n) is 11.9. The van der Waals surface area contributed by atoms with E-state index in [9.17, 15) is 4.39 Å². The third-order valence-corrected chi connectivity index (χ3v) is 3.06. The second kappa shape index (κ2) is 7.41. The molecular formula is C17H17FN2O. The standard InChI is InChI=1S/C17H17FN2O/c1-2-20-11-13-4-3-5-17(8-13)21-12-15-9-16(18)7-6-14(15)10-19/h3-9,20H,2,11-12H2,1H3. The molecule has 0 fully saturated rings. The molecule has 0 saturated carbocycles. The van der Waals surface area contributed by atoms with Crippen LogP contribution in [0.15, 0.2) is 42.5 Å². The number of hydrogen-bond donors (Lipinski definition) is 1. The predicted octanol–water partition coefficient (Wildman–Crippen LogP) is 3.39. The molecule has 0 aromatic heterocycles. The lowest BCUT2D eigenvalue weighted by atomic mass is 10.1. The van der Waals surface area contributed by atoms with Gasteiger partial charge in [0.05, 0.1) is 11.6 Å². The summed E-state index contributed by atoms with van der Waals surface area (Å²) in [5.41, 5.74) is 2.10. The van der Waals surface area contributed by atoms with E-state index in [0.29, 0.717) is 16.9 Å². The van der Waals surface area contributed by atoms with Crippen LogP contribution in [0.5, 0.6) is 5.75 Å². The van der Waals surface area contributed by atoms with Crippen molar-refractivity contribution in [2.75, 3.05) is 6.54 Å². The largest absolute Gasteiger partial charge is 0.489 e. The van der Waals surface area contributed by atoms with Gasteiger partial charge >= 0.3 is 0 Å². The van der Waals surface area contributed by atoms with Crippen molar-refractivity contribution in [3.8, 4) is 11.8 Å². The molecule has 0 saturated heterocycles. The number of benzene rings is 2. The van der Waals surface area contributed by atoms with Crippen LogP contribution in [0.25, 0.3) is 0 Å². The number of ether oxygens (including phenoxy) is 1. The highest BCUT2D eigenvalue weighted by atomic mass is 19.1. The molecule has 108 valence electrons. The number of nitriles is 1. The van der Waals surface area contributed by atoms with Gasteiger partial charge in [-0.25, -0.2) is 4.39 Å². The summed E-state index contributed by atoms with van der Waals surface area (Å²) in [4.78, 5) is 0. The smallest absolute Gasteiger partial charge is 0.123 e. The highest BCUT2D eigenvalue weighted by molar-refractivity contribution is 5.38. The molecule has 0 atom stereocenters. The predicted molar refractivity (Wildman–Crippen MR) is 79.3 cm³/mol. The van der Waals surface area contributed by atoms with Crippen LogP contribution in [-0.4, -0.2) is 6.54 Å². The average molecular weight is 284 g/mol. The number of hydrogen-bond acceptors (Lipinski definition) is 3. The van der Waals surface area contributed by atoms with Crippen LogP contribution in [0, 0.1) is 17.1 Å². The summed E-state index contributed by atoms with van der Waals surface area (Å²) < 4.78 is 18.9. The van der Waals surface area contributed by atoms with Gasteiger partial charge in [-0.2, -0.15) is 5.26 Å². The van der Waals surface area contributed by atoms with E-state index in [1.54, 1.807) is 0 Å². The molecule has 0 spiro atoms. The SMILES string of the molecule is CCNCc1cccc(OCc2cc(F)ccc2C#N)c1. The van der Waals surface area contributed by atoms with Gasteiger partial charge in [-0.3, -0.25) is 0 Å². The van der Waals surface area contributed by atoms with E-state index in [1.165, 1.54) is 18.2 Å². The van der Waals surface area contributed by atoms with Crippen molar-refractivity contribution in [2.45, 2.75) is 20.1 Å². The van der Waals surface area contributed by atoms with E-state index >= 15 is 0 Å². The van der Waals surface area contributed by atoms with E-state index < -0.39 is 0 Å². The minimum Gasteiger partial charge on any atom is -0.489 e. The van der Waals surface area contributed by atoms with Crippen LogP contribution in [-0.2, 0) is 13.2 Å². The van der Waals surface area contributed by atoms with Gasteiger partial charge in [0.25, 0.3) is 0 Å². The molecule has 0 aliphatic rings. The highest BCUT2D eigenvalue weighted by Crippen LogP contribution is 2.17. The Morgan fingerprint density at radius 3 is 2.86 bits per heavy atom. The Labute approximate surface area is 124 Å². The molecule has 21 heavy (non-hydrogen) atoms. The summed E-state index contributed by atoms with van der Waals surface area (Å²) in [5, 5.41) is 12.3. The van der Waals surface area contributed by atoms with Gasteiger partial charge < -0.3 is 10.1 Å². The molecular weight excluding hydrogens is 267 g/mol. The first kappa shape index (κ1) is 15.0.